The molecule has 0 aliphatic carbocycles. The van der Waals surface area contributed by atoms with Crippen molar-refractivity contribution in [2.45, 2.75) is 32.5 Å². The van der Waals surface area contributed by atoms with Crippen LogP contribution < -0.4 is 10.6 Å². The van der Waals surface area contributed by atoms with E-state index in [1.807, 2.05) is 4.90 Å². The van der Waals surface area contributed by atoms with Gasteiger partial charge in [0.1, 0.15) is 12.1 Å². The van der Waals surface area contributed by atoms with Gasteiger partial charge in [-0.15, -0.1) is 3.89 Å². The zero-order valence-electron chi connectivity index (χ0n) is 17.5. The molecule has 0 saturated carbocycles. The number of hydrogen-bond donors (Lipinski definition) is 1. The number of aliphatic hydroxyl groups is 1. The van der Waals surface area contributed by atoms with Crippen molar-refractivity contribution < 1.29 is 22.2 Å². The number of halogens is 4. The van der Waals surface area contributed by atoms with Crippen molar-refractivity contribution in [3.8, 4) is 0 Å². The van der Waals surface area contributed by atoms with Crippen molar-refractivity contribution in [1.29, 1.82) is 0 Å². The number of fused-ring (bicyclic) bond motifs is 1. The number of alkyl halides is 3. The lowest BCUT2D eigenvalue weighted by Crippen LogP contribution is -2.30. The highest BCUT2D eigenvalue weighted by Gasteiger charge is 2.32. The van der Waals surface area contributed by atoms with Crippen molar-refractivity contribution in [3.63, 3.8) is 0 Å². The first-order chi connectivity index (χ1) is 15.2. The zero-order chi connectivity index (χ0) is 23.5. The minimum atomic E-state index is -4.48. The minimum Gasteiger partial charge on any atom is -0.396 e. The van der Waals surface area contributed by atoms with Crippen LogP contribution in [-0.2, 0) is 6.18 Å². The second kappa shape index (κ2) is 9.90. The van der Waals surface area contributed by atoms with Gasteiger partial charge in [-0.1, -0.05) is 0 Å². The van der Waals surface area contributed by atoms with Gasteiger partial charge in [-0.3, -0.25) is 8.54 Å². The van der Waals surface area contributed by atoms with Crippen LogP contribution in [0, 0.1) is 5.92 Å². The van der Waals surface area contributed by atoms with E-state index in [4.69, 9.17) is 0 Å². The third-order valence-corrected chi connectivity index (χ3v) is 5.53. The molecule has 0 spiro atoms. The maximum atomic E-state index is 13.1. The molecule has 1 aliphatic rings. The number of anilines is 1. The van der Waals surface area contributed by atoms with E-state index in [2.05, 4.69) is 9.97 Å². The minimum absolute atomic E-state index is 0.0374. The number of imidazole rings is 1. The van der Waals surface area contributed by atoms with Gasteiger partial charge in [0.2, 0.25) is 0 Å². The average molecular weight is 473 g/mol. The van der Waals surface area contributed by atoms with E-state index in [1.54, 1.807) is 13.8 Å². The first-order valence-electron chi connectivity index (χ1n) is 9.92. The smallest absolute Gasteiger partial charge is 0.396 e. The van der Waals surface area contributed by atoms with Crippen LogP contribution in [0.2, 0.25) is 0 Å². The summed E-state index contributed by atoms with van der Waals surface area (Å²) < 4.78 is 53.3. The van der Waals surface area contributed by atoms with E-state index in [-0.39, 0.29) is 36.4 Å². The lowest BCUT2D eigenvalue weighted by molar-refractivity contribution is -0.137. The summed E-state index contributed by atoms with van der Waals surface area (Å²) in [5, 5.41) is 9.82. The normalized spacial score (nSPS) is 16.5. The summed E-state index contributed by atoms with van der Waals surface area (Å²) in [6.07, 6.45) is 0.723. The Morgan fingerprint density at radius 2 is 2.06 bits per heavy atom. The molecule has 32 heavy (non-hydrogen) atoms. The molecule has 2 aromatic heterocycles. The standard InChI is InChI=1S/C17H20F3N3O2.C3H3FN2S/c1-10(2)23-14-7-12(17(18,19)20)3-4-13(14)15(21-16(23)25)22-6-5-11(8-22)9-24;4-7-6-2-1-5-3-6/h3-4,7,10-11,24H,5-6,8-9H2,1-2H3;1-3H. The number of aliphatic hydroxyl groups excluding tert-OH is 1. The molecule has 1 atom stereocenters. The Bertz CT molecular complexity index is 1100. The van der Waals surface area contributed by atoms with Gasteiger partial charge in [-0.2, -0.15) is 18.2 Å². The topological polar surface area (TPSA) is 76.2 Å². The largest absolute Gasteiger partial charge is 0.416 e. The molecule has 1 aliphatic heterocycles. The van der Waals surface area contributed by atoms with Crippen LogP contribution in [0.5, 0.6) is 0 Å². The van der Waals surface area contributed by atoms with Crippen LogP contribution in [-0.4, -0.2) is 43.3 Å². The van der Waals surface area contributed by atoms with E-state index >= 15 is 0 Å². The van der Waals surface area contributed by atoms with Crippen LogP contribution in [0.4, 0.5) is 22.9 Å². The molecule has 4 rings (SSSR count). The van der Waals surface area contributed by atoms with Crippen LogP contribution in [0.15, 0.2) is 41.7 Å². The van der Waals surface area contributed by atoms with Crippen molar-refractivity contribution >= 4 is 29.1 Å². The highest BCUT2D eigenvalue weighted by Crippen LogP contribution is 2.34. The fourth-order valence-corrected chi connectivity index (χ4v) is 3.80. The molecule has 0 bridgehead atoms. The third kappa shape index (κ3) is 5.23. The predicted octanol–water partition coefficient (Wildman–Crippen LogP) is 4.08. The van der Waals surface area contributed by atoms with E-state index < -0.39 is 17.4 Å². The lowest BCUT2D eigenvalue weighted by atomic mass is 10.1. The number of nitrogens with zero attached hydrogens (tertiary/aromatic N) is 5. The fourth-order valence-electron chi connectivity index (χ4n) is 3.61. The quantitative estimate of drug-likeness (QED) is 0.576. The van der Waals surface area contributed by atoms with Gasteiger partial charge in [-0.25, -0.2) is 9.78 Å². The molecule has 1 fully saturated rings. The molecule has 3 aromatic rings. The molecule has 12 heteroatoms. The molecule has 7 nitrogen and oxygen atoms in total. The monoisotopic (exact) mass is 473 g/mol. The Morgan fingerprint density at radius 3 is 2.56 bits per heavy atom. The predicted molar refractivity (Wildman–Crippen MR) is 115 cm³/mol. The van der Waals surface area contributed by atoms with Gasteiger partial charge in [0.25, 0.3) is 0 Å². The summed E-state index contributed by atoms with van der Waals surface area (Å²) in [7, 11) is 0. The van der Waals surface area contributed by atoms with Crippen LogP contribution in [0.1, 0.15) is 31.9 Å². The van der Waals surface area contributed by atoms with Crippen LogP contribution >= 0.6 is 12.3 Å². The number of benzene rings is 1. The Hall–Kier alpha value is -2.60. The van der Waals surface area contributed by atoms with Gasteiger partial charge < -0.3 is 10.0 Å². The fraction of sp³-hybridized carbons (Fsp3) is 0.450. The summed E-state index contributed by atoms with van der Waals surface area (Å²) in [6, 6.07) is 3.10. The van der Waals surface area contributed by atoms with Gasteiger partial charge in [0.15, 0.2) is 12.3 Å². The Balaban J connectivity index is 0.000000352. The second-order valence-electron chi connectivity index (χ2n) is 7.69. The molecule has 1 saturated heterocycles. The Morgan fingerprint density at radius 1 is 1.31 bits per heavy atom. The van der Waals surface area contributed by atoms with Crippen molar-refractivity contribution in [2.24, 2.45) is 5.92 Å². The van der Waals surface area contributed by atoms with Crippen molar-refractivity contribution in [1.82, 2.24) is 18.5 Å². The Kier molecular flexibility index (Phi) is 7.44. The molecular weight excluding hydrogens is 450 g/mol. The van der Waals surface area contributed by atoms with E-state index in [9.17, 15) is 27.0 Å². The third-order valence-electron chi connectivity index (χ3n) is 5.15. The van der Waals surface area contributed by atoms with Gasteiger partial charge in [0.05, 0.1) is 11.1 Å². The second-order valence-corrected chi connectivity index (χ2v) is 8.25. The average Bonchev–Trinajstić information content (AvgIpc) is 3.44. The number of hydrogen-bond acceptors (Lipinski definition) is 6. The first kappa shape index (κ1) is 24.1. The summed E-state index contributed by atoms with van der Waals surface area (Å²) in [4.78, 5) is 22.1. The maximum Gasteiger partial charge on any atom is 0.416 e. The Labute approximate surface area is 186 Å². The maximum absolute atomic E-state index is 13.1. The van der Waals surface area contributed by atoms with E-state index in [0.717, 1.165) is 18.6 Å². The summed E-state index contributed by atoms with van der Waals surface area (Å²) in [5.41, 5.74) is -1.13. The summed E-state index contributed by atoms with van der Waals surface area (Å²) >= 11 is 0.130. The number of aromatic nitrogens is 4. The van der Waals surface area contributed by atoms with E-state index in [0.29, 0.717) is 24.3 Å². The molecule has 3 heterocycles. The highest BCUT2D eigenvalue weighted by molar-refractivity contribution is 7.92. The molecular formula is C20H23F4N5O2S. The van der Waals surface area contributed by atoms with Crippen molar-refractivity contribution in [3.05, 3.63) is 53.0 Å². The van der Waals surface area contributed by atoms with Crippen LogP contribution in [0.3, 0.4) is 0 Å². The summed E-state index contributed by atoms with van der Waals surface area (Å²) in [6.45, 7) is 4.65. The molecule has 0 amide bonds. The number of rotatable bonds is 4. The molecule has 1 aromatic carbocycles. The van der Waals surface area contributed by atoms with Gasteiger partial charge in [0, 0.05) is 49.4 Å². The zero-order valence-corrected chi connectivity index (χ0v) is 18.3. The first-order valence-corrected chi connectivity index (χ1v) is 10.6. The highest BCUT2D eigenvalue weighted by atomic mass is 32.2. The van der Waals surface area contributed by atoms with E-state index in [1.165, 1.54) is 33.3 Å². The van der Waals surface area contributed by atoms with Gasteiger partial charge in [-0.05, 0) is 38.5 Å². The summed E-state index contributed by atoms with van der Waals surface area (Å²) in [5.74, 6) is 0.473. The molecule has 0 radical (unpaired) electrons. The van der Waals surface area contributed by atoms with Crippen LogP contribution in [0.25, 0.3) is 10.9 Å². The lowest BCUT2D eigenvalue weighted by Gasteiger charge is -2.22. The molecule has 174 valence electrons. The molecule has 1 unspecified atom stereocenters. The molecule has 1 N–H and O–H groups in total. The van der Waals surface area contributed by atoms with Crippen molar-refractivity contribution in [2.75, 3.05) is 24.6 Å². The SMILES string of the molecule is CC(C)n1c(=O)nc(N2CCC(CO)C2)c2ccc(C(F)(F)F)cc21.FSn1ccnc1. The van der Waals surface area contributed by atoms with Gasteiger partial charge >= 0.3 is 11.9 Å².